The van der Waals surface area contributed by atoms with Gasteiger partial charge in [-0.15, -0.1) is 0 Å². The number of hydrogen-bond acceptors (Lipinski definition) is 2. The molecule has 0 spiro atoms. The number of aliphatic hydroxyl groups excluding tert-OH is 1. The van der Waals surface area contributed by atoms with Crippen molar-refractivity contribution in [3.8, 4) is 0 Å². The SMILES string of the molecule is Cc1ncccc1C(O)c1cc(F)ccc1Cl. The summed E-state index contributed by atoms with van der Waals surface area (Å²) in [5.74, 6) is -0.426. The summed E-state index contributed by atoms with van der Waals surface area (Å²) in [5, 5.41) is 10.5. The van der Waals surface area contributed by atoms with E-state index in [1.165, 1.54) is 18.2 Å². The average Bonchev–Trinajstić information content (AvgIpc) is 2.32. The number of aliphatic hydroxyl groups is 1. The van der Waals surface area contributed by atoms with Crippen molar-refractivity contribution in [1.29, 1.82) is 0 Å². The van der Waals surface area contributed by atoms with Gasteiger partial charge >= 0.3 is 0 Å². The third-order valence-corrected chi connectivity index (χ3v) is 2.94. The summed E-state index contributed by atoms with van der Waals surface area (Å²) in [6, 6.07) is 7.39. The Kier molecular flexibility index (Phi) is 3.41. The van der Waals surface area contributed by atoms with Gasteiger partial charge in [0.1, 0.15) is 11.9 Å². The molecular weight excluding hydrogens is 241 g/mol. The maximum Gasteiger partial charge on any atom is 0.123 e. The summed E-state index contributed by atoms with van der Waals surface area (Å²) in [6.45, 7) is 1.78. The summed E-state index contributed by atoms with van der Waals surface area (Å²) < 4.78 is 13.1. The van der Waals surface area contributed by atoms with Crippen LogP contribution in [0.5, 0.6) is 0 Å². The van der Waals surface area contributed by atoms with Crippen LogP contribution >= 0.6 is 11.6 Å². The van der Waals surface area contributed by atoms with Crippen LogP contribution in [0.2, 0.25) is 5.02 Å². The normalized spacial score (nSPS) is 12.5. The van der Waals surface area contributed by atoms with Gasteiger partial charge in [-0.1, -0.05) is 17.7 Å². The lowest BCUT2D eigenvalue weighted by molar-refractivity contribution is 0.218. The Bertz CT molecular complexity index is 545. The molecule has 0 amide bonds. The lowest BCUT2D eigenvalue weighted by Gasteiger charge is -2.14. The van der Waals surface area contributed by atoms with Crippen LogP contribution in [0.1, 0.15) is 22.9 Å². The molecule has 0 fully saturated rings. The van der Waals surface area contributed by atoms with Crippen LogP contribution in [0.4, 0.5) is 4.39 Å². The van der Waals surface area contributed by atoms with Crippen molar-refractivity contribution >= 4 is 11.6 Å². The van der Waals surface area contributed by atoms with E-state index in [9.17, 15) is 9.50 Å². The molecule has 1 unspecified atom stereocenters. The van der Waals surface area contributed by atoms with E-state index in [-0.39, 0.29) is 0 Å². The molecule has 0 bridgehead atoms. The van der Waals surface area contributed by atoms with E-state index in [4.69, 9.17) is 11.6 Å². The zero-order chi connectivity index (χ0) is 12.4. The number of aryl methyl sites for hydroxylation is 1. The van der Waals surface area contributed by atoms with Gasteiger partial charge in [0.15, 0.2) is 0 Å². The minimum absolute atomic E-state index is 0.335. The Labute approximate surface area is 104 Å². The molecule has 1 atom stereocenters. The van der Waals surface area contributed by atoms with Gasteiger partial charge in [-0.3, -0.25) is 4.98 Å². The highest BCUT2D eigenvalue weighted by Crippen LogP contribution is 2.29. The summed E-state index contributed by atoms with van der Waals surface area (Å²) in [4.78, 5) is 4.08. The van der Waals surface area contributed by atoms with E-state index >= 15 is 0 Å². The van der Waals surface area contributed by atoms with Gasteiger partial charge in [-0.25, -0.2) is 4.39 Å². The number of hydrogen-bond donors (Lipinski definition) is 1. The van der Waals surface area contributed by atoms with E-state index in [1.54, 1.807) is 25.3 Å². The second-order valence-electron chi connectivity index (χ2n) is 3.75. The molecule has 0 aliphatic carbocycles. The Morgan fingerprint density at radius 1 is 1.29 bits per heavy atom. The topological polar surface area (TPSA) is 33.1 Å². The highest BCUT2D eigenvalue weighted by molar-refractivity contribution is 6.31. The molecule has 88 valence electrons. The Balaban J connectivity index is 2.47. The van der Waals surface area contributed by atoms with Gasteiger partial charge in [0.05, 0.1) is 0 Å². The Morgan fingerprint density at radius 2 is 2.06 bits per heavy atom. The van der Waals surface area contributed by atoms with Crippen LogP contribution < -0.4 is 0 Å². The van der Waals surface area contributed by atoms with Gasteiger partial charge in [-0.05, 0) is 31.2 Å². The quantitative estimate of drug-likeness (QED) is 0.889. The second kappa shape index (κ2) is 4.82. The second-order valence-corrected chi connectivity index (χ2v) is 4.15. The third kappa shape index (κ3) is 2.46. The van der Waals surface area contributed by atoms with Gasteiger partial charge in [-0.2, -0.15) is 0 Å². The lowest BCUT2D eigenvalue weighted by atomic mass is 10.0. The standard InChI is InChI=1S/C13H11ClFNO/c1-8-10(3-2-6-16-8)13(17)11-7-9(15)4-5-12(11)14/h2-7,13,17H,1H3. The molecular formula is C13H11ClFNO. The number of rotatable bonds is 2. The summed E-state index contributed by atoms with van der Waals surface area (Å²) in [5.41, 5.74) is 1.67. The summed E-state index contributed by atoms with van der Waals surface area (Å²) >= 11 is 5.95. The highest BCUT2D eigenvalue weighted by Gasteiger charge is 2.16. The Morgan fingerprint density at radius 3 is 2.76 bits per heavy atom. The molecule has 2 aromatic rings. The molecule has 1 aromatic heterocycles. The van der Waals surface area contributed by atoms with E-state index < -0.39 is 11.9 Å². The number of aromatic nitrogens is 1. The molecule has 0 aliphatic rings. The first-order chi connectivity index (χ1) is 8.09. The van der Waals surface area contributed by atoms with E-state index in [0.717, 1.165) is 0 Å². The molecule has 0 aliphatic heterocycles. The molecule has 17 heavy (non-hydrogen) atoms. The molecule has 1 aromatic carbocycles. The maximum atomic E-state index is 13.1. The Hall–Kier alpha value is -1.45. The van der Waals surface area contributed by atoms with Gasteiger partial charge in [0, 0.05) is 28.0 Å². The van der Waals surface area contributed by atoms with Crippen molar-refractivity contribution in [3.05, 3.63) is 64.2 Å². The zero-order valence-electron chi connectivity index (χ0n) is 9.19. The smallest absolute Gasteiger partial charge is 0.123 e. The van der Waals surface area contributed by atoms with E-state index in [1.807, 2.05) is 0 Å². The van der Waals surface area contributed by atoms with Crippen molar-refractivity contribution in [2.24, 2.45) is 0 Å². The number of halogens is 2. The van der Waals surface area contributed by atoms with Gasteiger partial charge in [0.2, 0.25) is 0 Å². The molecule has 0 radical (unpaired) electrons. The fraction of sp³-hybridized carbons (Fsp3) is 0.154. The van der Waals surface area contributed by atoms with Crippen molar-refractivity contribution in [2.45, 2.75) is 13.0 Å². The largest absolute Gasteiger partial charge is 0.384 e. The summed E-state index contributed by atoms with van der Waals surface area (Å²) in [6.07, 6.45) is 0.672. The molecule has 0 saturated carbocycles. The molecule has 2 rings (SSSR count). The number of pyridine rings is 1. The molecule has 1 N–H and O–H groups in total. The fourth-order valence-electron chi connectivity index (χ4n) is 1.68. The predicted octanol–water partition coefficient (Wildman–Crippen LogP) is 3.26. The van der Waals surface area contributed by atoms with Crippen LogP contribution in [0.25, 0.3) is 0 Å². The summed E-state index contributed by atoms with van der Waals surface area (Å²) in [7, 11) is 0. The first-order valence-corrected chi connectivity index (χ1v) is 5.52. The molecule has 2 nitrogen and oxygen atoms in total. The average molecular weight is 252 g/mol. The van der Waals surface area contributed by atoms with Gasteiger partial charge < -0.3 is 5.11 Å². The molecule has 0 saturated heterocycles. The van der Waals surface area contributed by atoms with E-state index in [2.05, 4.69) is 4.98 Å². The van der Waals surface area contributed by atoms with Crippen molar-refractivity contribution in [2.75, 3.05) is 0 Å². The number of benzene rings is 1. The van der Waals surface area contributed by atoms with Crippen molar-refractivity contribution in [1.82, 2.24) is 4.98 Å². The van der Waals surface area contributed by atoms with Crippen LogP contribution in [0.3, 0.4) is 0 Å². The molecule has 1 heterocycles. The van der Waals surface area contributed by atoms with Crippen LogP contribution in [0.15, 0.2) is 36.5 Å². The lowest BCUT2D eigenvalue weighted by Crippen LogP contribution is -2.04. The van der Waals surface area contributed by atoms with Gasteiger partial charge in [0.25, 0.3) is 0 Å². The fourth-order valence-corrected chi connectivity index (χ4v) is 1.90. The number of nitrogens with zero attached hydrogens (tertiary/aromatic N) is 1. The monoisotopic (exact) mass is 251 g/mol. The van der Waals surface area contributed by atoms with Crippen LogP contribution in [0, 0.1) is 12.7 Å². The predicted molar refractivity (Wildman–Crippen MR) is 64.4 cm³/mol. The first-order valence-electron chi connectivity index (χ1n) is 5.14. The van der Waals surface area contributed by atoms with Crippen molar-refractivity contribution in [3.63, 3.8) is 0 Å². The van der Waals surface area contributed by atoms with E-state index in [0.29, 0.717) is 21.8 Å². The third-order valence-electron chi connectivity index (χ3n) is 2.60. The maximum absolute atomic E-state index is 13.1. The van der Waals surface area contributed by atoms with Crippen LogP contribution in [-0.2, 0) is 0 Å². The van der Waals surface area contributed by atoms with Crippen molar-refractivity contribution < 1.29 is 9.50 Å². The first kappa shape index (κ1) is 12.0. The minimum atomic E-state index is -0.966. The molecule has 4 heteroatoms. The zero-order valence-corrected chi connectivity index (χ0v) is 9.95. The minimum Gasteiger partial charge on any atom is -0.384 e. The van der Waals surface area contributed by atoms with Crippen LogP contribution in [-0.4, -0.2) is 10.1 Å². The highest BCUT2D eigenvalue weighted by atomic mass is 35.5.